The molecule has 0 spiro atoms. The molecule has 1 fully saturated rings. The number of halogens is 2. The average molecular weight is 572 g/mol. The Morgan fingerprint density at radius 1 is 1.05 bits per heavy atom. The molecule has 39 heavy (non-hydrogen) atoms. The Morgan fingerprint density at radius 2 is 1.79 bits per heavy atom. The molecule has 9 nitrogen and oxygen atoms in total. The van der Waals surface area contributed by atoms with Crippen LogP contribution in [0.1, 0.15) is 22.3 Å². The van der Waals surface area contributed by atoms with Crippen molar-refractivity contribution in [2.45, 2.75) is 6.42 Å². The van der Waals surface area contributed by atoms with Crippen molar-refractivity contribution in [2.75, 3.05) is 17.6 Å². The number of rotatable bonds is 7. The van der Waals surface area contributed by atoms with Crippen molar-refractivity contribution >= 4 is 63.5 Å². The summed E-state index contributed by atoms with van der Waals surface area (Å²) in [7, 11) is 0. The van der Waals surface area contributed by atoms with E-state index in [9.17, 15) is 33.4 Å². The molecule has 0 aromatic heterocycles. The molecule has 1 aliphatic heterocycles. The maximum atomic E-state index is 13.7. The fourth-order valence-corrected chi connectivity index (χ4v) is 4.99. The van der Waals surface area contributed by atoms with Gasteiger partial charge < -0.3 is 26.4 Å². The van der Waals surface area contributed by atoms with Crippen LogP contribution in [0.2, 0.25) is 0 Å². The molecule has 3 aromatic rings. The van der Waals surface area contributed by atoms with Crippen LogP contribution in [-0.2, 0) is 9.59 Å². The van der Waals surface area contributed by atoms with Gasteiger partial charge in [0, 0.05) is 30.3 Å². The third-order valence-corrected chi connectivity index (χ3v) is 7.03. The number of phenolic OH excluding ortho intramolecular Hbond substituents is 1. The zero-order valence-corrected chi connectivity index (χ0v) is 21.4. The van der Waals surface area contributed by atoms with Crippen LogP contribution in [0.25, 0.3) is 17.2 Å². The van der Waals surface area contributed by atoms with Crippen LogP contribution in [0.3, 0.4) is 0 Å². The van der Waals surface area contributed by atoms with E-state index in [1.807, 2.05) is 0 Å². The van der Waals surface area contributed by atoms with Gasteiger partial charge in [-0.05, 0) is 53.6 Å². The van der Waals surface area contributed by atoms with Gasteiger partial charge in [-0.3, -0.25) is 14.5 Å². The number of thiocarbonyl (C=S) groups is 1. The normalized spacial score (nSPS) is 14.2. The van der Waals surface area contributed by atoms with E-state index in [1.54, 1.807) is 0 Å². The number of carbonyl (C=O) groups excluding carboxylic acids is 2. The molecule has 1 saturated heterocycles. The van der Waals surface area contributed by atoms with Gasteiger partial charge in [-0.1, -0.05) is 30.0 Å². The van der Waals surface area contributed by atoms with Gasteiger partial charge in [-0.25, -0.2) is 13.6 Å². The number of benzene rings is 3. The number of carboxylic acid groups (broad SMARTS) is 1. The van der Waals surface area contributed by atoms with Gasteiger partial charge in [-0.15, -0.1) is 0 Å². The summed E-state index contributed by atoms with van der Waals surface area (Å²) in [6, 6.07) is 9.69. The van der Waals surface area contributed by atoms with Crippen molar-refractivity contribution in [1.29, 1.82) is 0 Å². The molecule has 200 valence electrons. The van der Waals surface area contributed by atoms with Crippen molar-refractivity contribution in [3.05, 3.63) is 76.2 Å². The molecule has 1 heterocycles. The number of nitrogen functional groups attached to an aromatic ring is 1. The number of carbonyl (C=O) groups is 3. The molecule has 13 heteroatoms. The number of aromatic hydroxyl groups is 2. The number of hydrogen-bond acceptors (Lipinski definition) is 8. The first-order chi connectivity index (χ1) is 18.4. The van der Waals surface area contributed by atoms with Crippen LogP contribution in [-0.4, -0.2) is 48.9 Å². The number of phenols is 2. The van der Waals surface area contributed by atoms with Crippen molar-refractivity contribution < 1.29 is 38.5 Å². The van der Waals surface area contributed by atoms with E-state index in [0.717, 1.165) is 36.0 Å². The van der Waals surface area contributed by atoms with Crippen LogP contribution in [0.4, 0.5) is 20.2 Å². The first-order valence-electron chi connectivity index (χ1n) is 11.1. The molecule has 6 N–H and O–H groups in total. The van der Waals surface area contributed by atoms with Gasteiger partial charge in [0.25, 0.3) is 5.91 Å². The van der Waals surface area contributed by atoms with Crippen molar-refractivity contribution in [3.8, 4) is 22.6 Å². The number of thioether (sulfide) groups is 1. The lowest BCUT2D eigenvalue weighted by Gasteiger charge is -2.14. The summed E-state index contributed by atoms with van der Waals surface area (Å²) >= 11 is 6.22. The van der Waals surface area contributed by atoms with Crippen LogP contribution in [0.5, 0.6) is 11.5 Å². The summed E-state index contributed by atoms with van der Waals surface area (Å²) in [5.41, 5.74) is 6.54. The summed E-state index contributed by atoms with van der Waals surface area (Å²) in [5.74, 6) is -5.25. The first-order valence-corrected chi connectivity index (χ1v) is 12.4. The molecule has 0 radical (unpaired) electrons. The Labute approximate surface area is 229 Å². The van der Waals surface area contributed by atoms with Crippen molar-refractivity contribution in [1.82, 2.24) is 4.90 Å². The lowest BCUT2D eigenvalue weighted by Crippen LogP contribution is -2.31. The highest BCUT2D eigenvalue weighted by atomic mass is 32.2. The SMILES string of the molecule is Nc1cc(-c2ccc(F)c(F)c2)cc(C=C2SC(=S)N(CCC(=O)Nc3ccc(C(=O)O)c(O)c3)C2=O)c1O. The van der Waals surface area contributed by atoms with Crippen molar-refractivity contribution in [3.63, 3.8) is 0 Å². The number of anilines is 2. The second kappa shape index (κ2) is 11.1. The molecule has 0 aliphatic carbocycles. The van der Waals surface area contributed by atoms with Crippen molar-refractivity contribution in [2.24, 2.45) is 0 Å². The van der Waals surface area contributed by atoms with E-state index in [1.165, 1.54) is 35.2 Å². The van der Waals surface area contributed by atoms with Gasteiger partial charge in [0.2, 0.25) is 5.91 Å². The highest BCUT2D eigenvalue weighted by Crippen LogP contribution is 2.38. The summed E-state index contributed by atoms with van der Waals surface area (Å²) in [4.78, 5) is 37.7. The Kier molecular flexibility index (Phi) is 7.83. The lowest BCUT2D eigenvalue weighted by molar-refractivity contribution is -0.122. The highest BCUT2D eigenvalue weighted by molar-refractivity contribution is 8.26. The lowest BCUT2D eigenvalue weighted by atomic mass is 10.0. The summed E-state index contributed by atoms with van der Waals surface area (Å²) < 4.78 is 27.2. The third-order valence-electron chi connectivity index (χ3n) is 5.66. The maximum absolute atomic E-state index is 13.7. The monoisotopic (exact) mass is 571 g/mol. The number of nitrogens with two attached hydrogens (primary N) is 1. The Balaban J connectivity index is 1.48. The number of hydrogen-bond donors (Lipinski definition) is 5. The topological polar surface area (TPSA) is 153 Å². The van der Waals surface area contributed by atoms with Crippen LogP contribution in [0, 0.1) is 11.6 Å². The van der Waals surface area contributed by atoms with Crippen LogP contribution >= 0.6 is 24.0 Å². The first kappa shape index (κ1) is 27.5. The van der Waals surface area contributed by atoms with Gasteiger partial charge in [-0.2, -0.15) is 0 Å². The fraction of sp³-hybridized carbons (Fsp3) is 0.0769. The second-order valence-corrected chi connectivity index (χ2v) is 9.98. The maximum Gasteiger partial charge on any atom is 0.339 e. The highest BCUT2D eigenvalue weighted by Gasteiger charge is 2.32. The van der Waals surface area contributed by atoms with Gasteiger partial charge in [0.15, 0.2) is 11.6 Å². The third kappa shape index (κ3) is 5.99. The standard InChI is InChI=1S/C26H19F2N3O6S2/c27-17-4-1-12(8-18(17)28)13-7-14(23(34)19(29)9-13)10-21-24(35)31(26(38)39-21)6-5-22(33)30-15-2-3-16(25(36)37)20(32)11-15/h1-4,7-11,32,34H,5-6,29H2,(H,30,33)(H,36,37). The van der Waals surface area contributed by atoms with Crippen LogP contribution < -0.4 is 11.1 Å². The Morgan fingerprint density at radius 3 is 2.46 bits per heavy atom. The number of aromatic carboxylic acids is 1. The quantitative estimate of drug-likeness (QED) is 0.119. The van der Waals surface area contributed by atoms with E-state index < -0.39 is 35.2 Å². The molecule has 0 saturated carbocycles. The molecule has 0 bridgehead atoms. The number of amides is 2. The van der Waals surface area contributed by atoms with E-state index in [0.29, 0.717) is 11.1 Å². The van der Waals surface area contributed by atoms with Gasteiger partial charge in [0.05, 0.1) is 10.6 Å². The average Bonchev–Trinajstić information content (AvgIpc) is 3.13. The van der Waals surface area contributed by atoms with E-state index in [4.69, 9.17) is 23.1 Å². The minimum Gasteiger partial charge on any atom is -0.507 e. The van der Waals surface area contributed by atoms with Gasteiger partial charge >= 0.3 is 5.97 Å². The zero-order valence-electron chi connectivity index (χ0n) is 19.8. The summed E-state index contributed by atoms with van der Waals surface area (Å²) in [5, 5.41) is 31.7. The van der Waals surface area contributed by atoms with E-state index in [-0.39, 0.29) is 50.4 Å². The van der Waals surface area contributed by atoms with Crippen LogP contribution in [0.15, 0.2) is 53.4 Å². The van der Waals surface area contributed by atoms with Gasteiger partial charge in [0.1, 0.15) is 21.4 Å². The minimum absolute atomic E-state index is 0.0435. The number of carboxylic acids is 1. The number of nitrogens with zero attached hydrogens (tertiary/aromatic N) is 1. The molecule has 4 rings (SSSR count). The van der Waals surface area contributed by atoms with E-state index in [2.05, 4.69) is 5.32 Å². The Bertz CT molecular complexity index is 1580. The zero-order chi connectivity index (χ0) is 28.4. The molecule has 1 aliphatic rings. The molecule has 2 amide bonds. The molecule has 0 atom stereocenters. The largest absolute Gasteiger partial charge is 0.507 e. The molecule has 0 unspecified atom stereocenters. The molecular formula is C26H19F2N3O6S2. The predicted molar refractivity (Wildman–Crippen MR) is 146 cm³/mol. The summed E-state index contributed by atoms with van der Waals surface area (Å²) in [6.07, 6.45) is 1.20. The predicted octanol–water partition coefficient (Wildman–Crippen LogP) is 4.55. The minimum atomic E-state index is -1.32. The fourth-order valence-electron chi connectivity index (χ4n) is 3.69. The second-order valence-electron chi connectivity index (χ2n) is 8.30. The molecule has 3 aromatic carbocycles. The Hall–Kier alpha value is -4.49. The molecular weight excluding hydrogens is 552 g/mol. The summed E-state index contributed by atoms with van der Waals surface area (Å²) in [6.45, 7) is -0.0734. The number of nitrogens with one attached hydrogen (secondary N) is 1. The van der Waals surface area contributed by atoms with E-state index >= 15 is 0 Å². The smallest absolute Gasteiger partial charge is 0.339 e.